The molecule has 2 aromatic carbocycles. The fourth-order valence-corrected chi connectivity index (χ4v) is 5.96. The van der Waals surface area contributed by atoms with Gasteiger partial charge in [-0.3, -0.25) is 19.8 Å². The Kier molecular flexibility index (Phi) is 6.62. The Morgan fingerprint density at radius 3 is 2.43 bits per heavy atom. The number of hydrogen-bond acceptors (Lipinski definition) is 4. The van der Waals surface area contributed by atoms with Crippen molar-refractivity contribution in [2.75, 3.05) is 9.80 Å². The van der Waals surface area contributed by atoms with E-state index in [2.05, 4.69) is 63.9 Å². The number of nitrogens with one attached hydrogen (secondary N) is 1. The molecule has 0 saturated carbocycles. The minimum atomic E-state index is -0.462. The second-order valence-electron chi connectivity index (χ2n) is 10.6. The van der Waals surface area contributed by atoms with Gasteiger partial charge in [-0.2, -0.15) is 0 Å². The third kappa shape index (κ3) is 4.52. The maximum absolute atomic E-state index is 13.5. The maximum atomic E-state index is 13.5. The molecular weight excluding hydrogens is 454 g/mol. The predicted molar refractivity (Wildman–Crippen MR) is 148 cm³/mol. The molecule has 184 valence electrons. The third-order valence-corrected chi connectivity index (χ3v) is 7.47. The monoisotopic (exact) mass is 489 g/mol. The minimum absolute atomic E-state index is 0.0513. The van der Waals surface area contributed by atoms with E-state index in [9.17, 15) is 9.59 Å². The number of fused-ring (bicyclic) bond motifs is 1. The third-order valence-electron chi connectivity index (χ3n) is 7.18. The summed E-state index contributed by atoms with van der Waals surface area (Å²) in [4.78, 5) is 30.3. The van der Waals surface area contributed by atoms with E-state index in [-0.39, 0.29) is 16.2 Å². The molecule has 1 unspecified atom stereocenters. The van der Waals surface area contributed by atoms with E-state index in [4.69, 9.17) is 12.2 Å². The number of anilines is 2. The molecule has 1 fully saturated rings. The second kappa shape index (κ2) is 9.23. The molecule has 0 aromatic heterocycles. The molecular formula is C29H35N3O2S. The van der Waals surface area contributed by atoms with Gasteiger partial charge >= 0.3 is 0 Å². The number of amides is 2. The SMILES string of the molecule is CCc1ccc(N2C(=O)/C(=C/c3cc4c(cc3C)N(C(C)C)C(C)(C)CC4C)C(=O)NC2=S)cc1. The molecule has 2 aliphatic rings. The lowest BCUT2D eigenvalue weighted by Crippen LogP contribution is -2.54. The van der Waals surface area contributed by atoms with E-state index in [0.29, 0.717) is 17.6 Å². The number of rotatable bonds is 4. The van der Waals surface area contributed by atoms with Crippen molar-refractivity contribution in [1.29, 1.82) is 0 Å². The molecule has 2 aromatic rings. The van der Waals surface area contributed by atoms with Crippen LogP contribution in [0.2, 0.25) is 0 Å². The summed E-state index contributed by atoms with van der Waals surface area (Å²) < 4.78 is 0. The molecule has 0 radical (unpaired) electrons. The zero-order chi connectivity index (χ0) is 25.7. The van der Waals surface area contributed by atoms with Crippen LogP contribution in [0, 0.1) is 6.92 Å². The lowest BCUT2D eigenvalue weighted by Gasteiger charge is -2.50. The molecule has 2 aliphatic heterocycles. The Bertz CT molecular complexity index is 1230. The summed E-state index contributed by atoms with van der Waals surface area (Å²) in [6, 6.07) is 12.4. The summed E-state index contributed by atoms with van der Waals surface area (Å²) in [6.07, 6.45) is 3.66. The standard InChI is InChI=1S/C29H35N3O2S/c1-8-20-9-11-22(12-10-20)31-27(34)24(26(33)30-28(31)35)15-21-14-23-19(5)16-29(6,7)32(17(2)3)25(23)13-18(21)4/h9-15,17,19H,8,16H2,1-7H3,(H,30,33,35)/b24-15+. The Labute approximate surface area is 214 Å². The number of nitrogens with zero attached hydrogens (tertiary/aromatic N) is 2. The highest BCUT2D eigenvalue weighted by atomic mass is 32.1. The van der Waals surface area contributed by atoms with Gasteiger partial charge in [0.15, 0.2) is 5.11 Å². The average Bonchev–Trinajstić information content (AvgIpc) is 2.76. The van der Waals surface area contributed by atoms with Crippen LogP contribution in [0.25, 0.3) is 6.08 Å². The topological polar surface area (TPSA) is 52.7 Å². The van der Waals surface area contributed by atoms with Crippen LogP contribution in [0.4, 0.5) is 11.4 Å². The van der Waals surface area contributed by atoms with Crippen LogP contribution in [0.5, 0.6) is 0 Å². The van der Waals surface area contributed by atoms with Crippen molar-refractivity contribution in [1.82, 2.24) is 5.32 Å². The molecule has 6 heteroatoms. The van der Waals surface area contributed by atoms with Crippen LogP contribution in [-0.4, -0.2) is 28.5 Å². The van der Waals surface area contributed by atoms with Crippen molar-refractivity contribution < 1.29 is 9.59 Å². The number of carbonyl (C=O) groups excluding carboxylic acids is 2. The summed E-state index contributed by atoms with van der Waals surface area (Å²) in [6.45, 7) is 15.4. The molecule has 0 aliphatic carbocycles. The van der Waals surface area contributed by atoms with E-state index in [1.165, 1.54) is 21.7 Å². The van der Waals surface area contributed by atoms with Gasteiger partial charge in [-0.1, -0.05) is 26.0 Å². The zero-order valence-electron chi connectivity index (χ0n) is 21.7. The second-order valence-corrected chi connectivity index (χ2v) is 11.0. The molecule has 4 rings (SSSR count). The molecule has 0 spiro atoms. The summed E-state index contributed by atoms with van der Waals surface area (Å²) in [5.41, 5.74) is 6.35. The normalized spacial score (nSPS) is 21.0. The number of carbonyl (C=O) groups is 2. The van der Waals surface area contributed by atoms with Gasteiger partial charge in [0.2, 0.25) is 0 Å². The highest BCUT2D eigenvalue weighted by molar-refractivity contribution is 7.80. The minimum Gasteiger partial charge on any atom is -0.364 e. The highest BCUT2D eigenvalue weighted by Gasteiger charge is 2.38. The molecule has 5 nitrogen and oxygen atoms in total. The van der Waals surface area contributed by atoms with E-state index >= 15 is 0 Å². The first-order valence-corrected chi connectivity index (χ1v) is 12.8. The number of hydrogen-bond donors (Lipinski definition) is 1. The van der Waals surface area contributed by atoms with Gasteiger partial charge < -0.3 is 4.90 Å². The van der Waals surface area contributed by atoms with Gasteiger partial charge in [-0.25, -0.2) is 0 Å². The van der Waals surface area contributed by atoms with Crippen molar-refractivity contribution in [2.24, 2.45) is 0 Å². The number of benzene rings is 2. The van der Waals surface area contributed by atoms with Crippen molar-refractivity contribution in [3.8, 4) is 0 Å². The Balaban J connectivity index is 1.77. The quantitative estimate of drug-likeness (QED) is 0.331. The van der Waals surface area contributed by atoms with Crippen molar-refractivity contribution >= 4 is 46.6 Å². The number of thiocarbonyl (C=S) groups is 1. The largest absolute Gasteiger partial charge is 0.364 e. The molecule has 1 N–H and O–H groups in total. The van der Waals surface area contributed by atoms with Crippen LogP contribution >= 0.6 is 12.2 Å². The lowest BCUT2D eigenvalue weighted by atomic mass is 9.78. The van der Waals surface area contributed by atoms with Gasteiger partial charge in [-0.05, 0) is 118 Å². The first-order chi connectivity index (χ1) is 16.4. The summed E-state index contributed by atoms with van der Waals surface area (Å²) >= 11 is 5.36. The van der Waals surface area contributed by atoms with E-state index in [0.717, 1.165) is 24.0 Å². The Morgan fingerprint density at radius 2 is 1.83 bits per heavy atom. The van der Waals surface area contributed by atoms with Crippen LogP contribution in [0.1, 0.15) is 76.1 Å². The molecule has 1 saturated heterocycles. The maximum Gasteiger partial charge on any atom is 0.270 e. The molecule has 2 amide bonds. The molecule has 35 heavy (non-hydrogen) atoms. The summed E-state index contributed by atoms with van der Waals surface area (Å²) in [5.74, 6) is -0.501. The van der Waals surface area contributed by atoms with Gasteiger partial charge in [0.25, 0.3) is 11.8 Å². The van der Waals surface area contributed by atoms with E-state index < -0.39 is 11.8 Å². The summed E-state index contributed by atoms with van der Waals surface area (Å²) in [7, 11) is 0. The zero-order valence-corrected chi connectivity index (χ0v) is 22.5. The smallest absolute Gasteiger partial charge is 0.270 e. The lowest BCUT2D eigenvalue weighted by molar-refractivity contribution is -0.122. The van der Waals surface area contributed by atoms with Crippen molar-refractivity contribution in [3.05, 3.63) is 64.2 Å². The van der Waals surface area contributed by atoms with Gasteiger partial charge in [0.1, 0.15) is 5.57 Å². The first kappa shape index (κ1) is 25.1. The highest BCUT2D eigenvalue weighted by Crippen LogP contribution is 2.45. The van der Waals surface area contributed by atoms with E-state index in [1.54, 1.807) is 6.08 Å². The Hall–Kier alpha value is -2.99. The van der Waals surface area contributed by atoms with Crippen LogP contribution in [-0.2, 0) is 16.0 Å². The average molecular weight is 490 g/mol. The van der Waals surface area contributed by atoms with Crippen LogP contribution < -0.4 is 15.1 Å². The van der Waals surface area contributed by atoms with Crippen LogP contribution in [0.3, 0.4) is 0 Å². The molecule has 1 atom stereocenters. The molecule has 2 heterocycles. The van der Waals surface area contributed by atoms with Crippen molar-refractivity contribution in [2.45, 2.75) is 78.8 Å². The van der Waals surface area contributed by atoms with Gasteiger partial charge in [0.05, 0.1) is 5.69 Å². The van der Waals surface area contributed by atoms with Crippen LogP contribution in [0.15, 0.2) is 42.0 Å². The van der Waals surface area contributed by atoms with Gasteiger partial charge in [0, 0.05) is 17.3 Å². The van der Waals surface area contributed by atoms with E-state index in [1.807, 2.05) is 31.2 Å². The molecule has 0 bridgehead atoms. The predicted octanol–water partition coefficient (Wildman–Crippen LogP) is 5.89. The fourth-order valence-electron chi connectivity index (χ4n) is 5.67. The first-order valence-electron chi connectivity index (χ1n) is 12.4. The Morgan fingerprint density at radius 1 is 1.17 bits per heavy atom. The summed E-state index contributed by atoms with van der Waals surface area (Å²) in [5, 5.41) is 2.81. The van der Waals surface area contributed by atoms with Gasteiger partial charge in [-0.15, -0.1) is 0 Å². The fraction of sp³-hybridized carbons (Fsp3) is 0.414. The number of aryl methyl sites for hydroxylation is 2. The van der Waals surface area contributed by atoms with Crippen molar-refractivity contribution in [3.63, 3.8) is 0 Å².